The highest BCUT2D eigenvalue weighted by Gasteiger charge is 2.24. The maximum absolute atomic E-state index is 9.25. The summed E-state index contributed by atoms with van der Waals surface area (Å²) in [5, 5.41) is 9.25. The standard InChI is InChI=1S/C16H24N2O3/c17-14-7-12(16-13(8-14)10-20-11-21-16)9-18-5-2-1-3-15(18)4-6-19/h7-8,15,19H,1-6,9-11,17H2. The van der Waals surface area contributed by atoms with Gasteiger partial charge < -0.3 is 20.3 Å². The minimum absolute atomic E-state index is 0.251. The number of hydrogen-bond donors (Lipinski definition) is 2. The zero-order valence-electron chi connectivity index (χ0n) is 12.4. The third-order valence-corrected chi connectivity index (χ3v) is 4.39. The van der Waals surface area contributed by atoms with Crippen molar-refractivity contribution >= 4 is 5.69 Å². The lowest BCUT2D eigenvalue weighted by atomic mass is 9.98. The molecule has 1 unspecified atom stereocenters. The number of aliphatic hydroxyl groups excluding tert-OH is 1. The molecule has 21 heavy (non-hydrogen) atoms. The van der Waals surface area contributed by atoms with Crippen molar-refractivity contribution < 1.29 is 14.6 Å². The Labute approximate surface area is 125 Å². The van der Waals surface area contributed by atoms with E-state index in [1.54, 1.807) is 0 Å². The van der Waals surface area contributed by atoms with E-state index in [4.69, 9.17) is 15.2 Å². The van der Waals surface area contributed by atoms with Gasteiger partial charge in [0.2, 0.25) is 0 Å². The molecule has 1 fully saturated rings. The molecule has 2 aliphatic heterocycles. The summed E-state index contributed by atoms with van der Waals surface area (Å²) in [4.78, 5) is 2.45. The highest BCUT2D eigenvalue weighted by atomic mass is 16.7. The SMILES string of the molecule is Nc1cc2c(c(CN3CCCCC3CCO)c1)OCOC2. The molecule has 0 amide bonds. The molecule has 2 aliphatic rings. The van der Waals surface area contributed by atoms with Gasteiger partial charge in [0.15, 0.2) is 6.79 Å². The second-order valence-electron chi connectivity index (χ2n) is 5.91. The molecular weight excluding hydrogens is 268 g/mol. The predicted octanol–water partition coefficient (Wildman–Crippen LogP) is 1.87. The zero-order valence-corrected chi connectivity index (χ0v) is 12.4. The van der Waals surface area contributed by atoms with Crippen molar-refractivity contribution in [3.63, 3.8) is 0 Å². The van der Waals surface area contributed by atoms with Crippen LogP contribution in [0.3, 0.4) is 0 Å². The minimum atomic E-state index is 0.251. The Morgan fingerprint density at radius 1 is 1.33 bits per heavy atom. The zero-order chi connectivity index (χ0) is 14.7. The number of ether oxygens (including phenoxy) is 2. The van der Waals surface area contributed by atoms with Crippen LogP contribution in [0, 0.1) is 0 Å². The molecule has 5 nitrogen and oxygen atoms in total. The van der Waals surface area contributed by atoms with Crippen molar-refractivity contribution in [2.24, 2.45) is 0 Å². The average Bonchev–Trinajstić information content (AvgIpc) is 2.49. The van der Waals surface area contributed by atoms with Gasteiger partial charge in [-0.2, -0.15) is 0 Å². The largest absolute Gasteiger partial charge is 0.467 e. The normalized spacial score (nSPS) is 22.6. The summed E-state index contributed by atoms with van der Waals surface area (Å²) in [6.07, 6.45) is 4.47. The van der Waals surface area contributed by atoms with E-state index in [9.17, 15) is 5.11 Å². The molecule has 0 saturated carbocycles. The second kappa shape index (κ2) is 6.64. The summed E-state index contributed by atoms with van der Waals surface area (Å²) in [6.45, 7) is 3.03. The first-order valence-electron chi connectivity index (χ1n) is 7.74. The van der Waals surface area contributed by atoms with Gasteiger partial charge in [-0.25, -0.2) is 0 Å². The van der Waals surface area contributed by atoms with Gasteiger partial charge in [0, 0.05) is 36.0 Å². The average molecular weight is 292 g/mol. The lowest BCUT2D eigenvalue weighted by Gasteiger charge is -2.36. The number of rotatable bonds is 4. The number of nitrogens with zero attached hydrogens (tertiary/aromatic N) is 1. The van der Waals surface area contributed by atoms with Crippen LogP contribution in [-0.2, 0) is 17.9 Å². The highest BCUT2D eigenvalue weighted by Crippen LogP contribution is 2.33. The van der Waals surface area contributed by atoms with Crippen LogP contribution in [0.4, 0.5) is 5.69 Å². The number of hydrogen-bond acceptors (Lipinski definition) is 5. The first kappa shape index (κ1) is 14.6. The van der Waals surface area contributed by atoms with Crippen LogP contribution < -0.4 is 10.5 Å². The molecule has 0 aromatic heterocycles. The van der Waals surface area contributed by atoms with Crippen molar-refractivity contribution in [1.29, 1.82) is 0 Å². The fourth-order valence-corrected chi connectivity index (χ4v) is 3.41. The van der Waals surface area contributed by atoms with Crippen LogP contribution in [0.2, 0.25) is 0 Å². The van der Waals surface area contributed by atoms with E-state index >= 15 is 0 Å². The summed E-state index contributed by atoms with van der Waals surface area (Å²) in [7, 11) is 0. The molecule has 0 spiro atoms. The third-order valence-electron chi connectivity index (χ3n) is 4.39. The van der Waals surface area contributed by atoms with Crippen LogP contribution in [0.1, 0.15) is 36.8 Å². The second-order valence-corrected chi connectivity index (χ2v) is 5.91. The number of likely N-dealkylation sites (tertiary alicyclic amines) is 1. The van der Waals surface area contributed by atoms with Crippen molar-refractivity contribution in [3.05, 3.63) is 23.3 Å². The molecule has 5 heteroatoms. The minimum Gasteiger partial charge on any atom is -0.467 e. The Hall–Kier alpha value is -1.30. The molecule has 116 valence electrons. The molecule has 2 heterocycles. The Kier molecular flexibility index (Phi) is 4.63. The number of benzene rings is 1. The summed E-state index contributed by atoms with van der Waals surface area (Å²) in [5.74, 6) is 0.934. The Morgan fingerprint density at radius 2 is 2.24 bits per heavy atom. The summed E-state index contributed by atoms with van der Waals surface area (Å²) < 4.78 is 11.0. The van der Waals surface area contributed by atoms with Gasteiger partial charge in [0.05, 0.1) is 6.61 Å². The number of nitrogens with two attached hydrogens (primary N) is 1. The molecule has 0 radical (unpaired) electrons. The quantitative estimate of drug-likeness (QED) is 0.829. The van der Waals surface area contributed by atoms with Crippen molar-refractivity contribution in [2.75, 3.05) is 25.7 Å². The lowest BCUT2D eigenvalue weighted by molar-refractivity contribution is -0.0177. The molecule has 3 rings (SSSR count). The van der Waals surface area contributed by atoms with E-state index < -0.39 is 0 Å². The molecule has 3 N–H and O–H groups in total. The Balaban J connectivity index is 1.81. The number of fused-ring (bicyclic) bond motifs is 1. The Morgan fingerprint density at radius 3 is 3.10 bits per heavy atom. The molecule has 1 aromatic rings. The molecular formula is C16H24N2O3. The number of aliphatic hydroxyl groups is 1. The first-order valence-corrected chi connectivity index (χ1v) is 7.74. The third kappa shape index (κ3) is 3.31. The van der Waals surface area contributed by atoms with Gasteiger partial charge in [-0.05, 0) is 37.9 Å². The van der Waals surface area contributed by atoms with Crippen molar-refractivity contribution in [2.45, 2.75) is 44.9 Å². The summed E-state index contributed by atoms with van der Waals surface area (Å²) in [6, 6.07) is 4.40. The maximum Gasteiger partial charge on any atom is 0.189 e. The fourth-order valence-electron chi connectivity index (χ4n) is 3.41. The van der Waals surface area contributed by atoms with Crippen LogP contribution in [-0.4, -0.2) is 36.0 Å². The van der Waals surface area contributed by atoms with Gasteiger partial charge in [-0.15, -0.1) is 0 Å². The number of nitrogen functional groups attached to an aromatic ring is 1. The Bertz CT molecular complexity index is 491. The van der Waals surface area contributed by atoms with Crippen molar-refractivity contribution in [3.8, 4) is 5.75 Å². The van der Waals surface area contributed by atoms with Crippen LogP contribution in [0.25, 0.3) is 0 Å². The molecule has 1 atom stereocenters. The van der Waals surface area contributed by atoms with Gasteiger partial charge in [-0.1, -0.05) is 6.42 Å². The van der Waals surface area contributed by atoms with Crippen LogP contribution in [0.15, 0.2) is 12.1 Å². The van der Waals surface area contributed by atoms with E-state index in [0.717, 1.165) is 48.5 Å². The van der Waals surface area contributed by atoms with E-state index in [1.165, 1.54) is 12.8 Å². The van der Waals surface area contributed by atoms with E-state index in [-0.39, 0.29) is 6.61 Å². The number of piperidine rings is 1. The van der Waals surface area contributed by atoms with E-state index in [2.05, 4.69) is 4.90 Å². The lowest BCUT2D eigenvalue weighted by Crippen LogP contribution is -2.39. The van der Waals surface area contributed by atoms with Crippen LogP contribution >= 0.6 is 0 Å². The number of anilines is 1. The van der Waals surface area contributed by atoms with E-state index in [0.29, 0.717) is 19.4 Å². The molecule has 0 aliphatic carbocycles. The highest BCUT2D eigenvalue weighted by molar-refractivity contribution is 5.53. The first-order chi connectivity index (χ1) is 10.3. The van der Waals surface area contributed by atoms with Gasteiger partial charge in [-0.3, -0.25) is 4.90 Å². The predicted molar refractivity (Wildman–Crippen MR) is 80.9 cm³/mol. The van der Waals surface area contributed by atoms with Gasteiger partial charge in [0.25, 0.3) is 0 Å². The molecule has 1 saturated heterocycles. The topological polar surface area (TPSA) is 68.0 Å². The smallest absolute Gasteiger partial charge is 0.189 e. The van der Waals surface area contributed by atoms with E-state index in [1.807, 2.05) is 12.1 Å². The summed E-state index contributed by atoms with van der Waals surface area (Å²) in [5.41, 5.74) is 8.94. The summed E-state index contributed by atoms with van der Waals surface area (Å²) >= 11 is 0. The maximum atomic E-state index is 9.25. The van der Waals surface area contributed by atoms with Crippen molar-refractivity contribution in [1.82, 2.24) is 4.90 Å². The molecule has 1 aromatic carbocycles. The monoisotopic (exact) mass is 292 g/mol. The van der Waals surface area contributed by atoms with Gasteiger partial charge in [0.1, 0.15) is 5.75 Å². The van der Waals surface area contributed by atoms with Gasteiger partial charge >= 0.3 is 0 Å². The van der Waals surface area contributed by atoms with Crippen LogP contribution in [0.5, 0.6) is 5.75 Å². The fraction of sp³-hybridized carbons (Fsp3) is 0.625. The molecule has 0 bridgehead atoms.